The van der Waals surface area contributed by atoms with E-state index in [0.29, 0.717) is 34.5 Å². The van der Waals surface area contributed by atoms with Crippen LogP contribution in [0.4, 0.5) is 0 Å². The first-order chi connectivity index (χ1) is 19.8. The molecule has 0 fully saturated rings. The number of amides is 1. The lowest BCUT2D eigenvalue weighted by Gasteiger charge is -2.21. The molecule has 1 amide bonds. The maximum atomic E-state index is 13.2. The van der Waals surface area contributed by atoms with Crippen LogP contribution in [0.25, 0.3) is 22.0 Å². The van der Waals surface area contributed by atoms with Crippen LogP contribution in [0.15, 0.2) is 73.1 Å². The minimum atomic E-state index is -1.05. The van der Waals surface area contributed by atoms with E-state index in [4.69, 9.17) is 11.1 Å². The molecule has 1 atom stereocenters. The molecule has 5 rings (SSSR count). The van der Waals surface area contributed by atoms with E-state index in [1.807, 2.05) is 32.0 Å². The van der Waals surface area contributed by atoms with Gasteiger partial charge in [0.1, 0.15) is 11.7 Å². The zero-order valence-electron chi connectivity index (χ0n) is 22.6. The van der Waals surface area contributed by atoms with E-state index in [1.165, 1.54) is 0 Å². The highest BCUT2D eigenvalue weighted by molar-refractivity contribution is 6.01. The number of hydrogen-bond donors (Lipinski definition) is 5. The van der Waals surface area contributed by atoms with Gasteiger partial charge in [0.05, 0.1) is 23.3 Å². The summed E-state index contributed by atoms with van der Waals surface area (Å²) in [5, 5.41) is 29.2. The SMILES string of the molecule is CCC(c1ccc(C(=O)NCc2ncccn2)cc1-c1ccc(C)cc1C(=O)O)c1n[nH]c2cc(C(=N)N)ccc12. The molecule has 10 nitrogen and oxygen atoms in total. The molecule has 1 unspecified atom stereocenters. The van der Waals surface area contributed by atoms with Crippen molar-refractivity contribution in [2.45, 2.75) is 32.7 Å². The van der Waals surface area contributed by atoms with Crippen LogP contribution < -0.4 is 11.1 Å². The Kier molecular flexibility index (Phi) is 7.55. The Labute approximate surface area is 236 Å². The molecule has 2 aromatic heterocycles. The predicted octanol–water partition coefficient (Wildman–Crippen LogP) is 4.78. The topological polar surface area (TPSA) is 171 Å². The van der Waals surface area contributed by atoms with Crippen LogP contribution in [0.3, 0.4) is 0 Å². The lowest BCUT2D eigenvalue weighted by molar-refractivity contribution is 0.0697. The van der Waals surface area contributed by atoms with Gasteiger partial charge in [0.25, 0.3) is 5.91 Å². The van der Waals surface area contributed by atoms with E-state index >= 15 is 0 Å². The molecule has 0 aliphatic heterocycles. The molecule has 206 valence electrons. The van der Waals surface area contributed by atoms with Crippen molar-refractivity contribution in [1.29, 1.82) is 5.41 Å². The molecule has 41 heavy (non-hydrogen) atoms. The number of rotatable bonds is 9. The van der Waals surface area contributed by atoms with E-state index in [-0.39, 0.29) is 29.8 Å². The van der Waals surface area contributed by atoms with Crippen molar-refractivity contribution < 1.29 is 14.7 Å². The Hall–Kier alpha value is -5.38. The van der Waals surface area contributed by atoms with Gasteiger partial charge in [-0.25, -0.2) is 14.8 Å². The summed E-state index contributed by atoms with van der Waals surface area (Å²) in [6.07, 6.45) is 3.88. The molecule has 6 N–H and O–H groups in total. The van der Waals surface area contributed by atoms with Crippen LogP contribution in [0.2, 0.25) is 0 Å². The van der Waals surface area contributed by atoms with Crippen LogP contribution in [-0.4, -0.2) is 43.0 Å². The van der Waals surface area contributed by atoms with Gasteiger partial charge in [0.15, 0.2) is 0 Å². The van der Waals surface area contributed by atoms with Crippen LogP contribution in [0, 0.1) is 12.3 Å². The normalized spacial score (nSPS) is 11.8. The first-order valence-electron chi connectivity index (χ1n) is 13.1. The molecule has 0 saturated carbocycles. The van der Waals surface area contributed by atoms with Crippen LogP contribution >= 0.6 is 0 Å². The Morgan fingerprint density at radius 1 is 1.02 bits per heavy atom. The Balaban J connectivity index is 1.63. The molecular formula is C31H29N7O3. The highest BCUT2D eigenvalue weighted by Gasteiger charge is 2.25. The van der Waals surface area contributed by atoms with Crippen molar-refractivity contribution in [2.24, 2.45) is 5.73 Å². The number of aryl methyl sites for hydroxylation is 1. The number of carbonyl (C=O) groups is 2. The molecule has 0 aliphatic rings. The highest BCUT2D eigenvalue weighted by atomic mass is 16.4. The van der Waals surface area contributed by atoms with Crippen molar-refractivity contribution in [3.63, 3.8) is 0 Å². The third-order valence-corrected chi connectivity index (χ3v) is 7.05. The second-order valence-corrected chi connectivity index (χ2v) is 9.75. The zero-order valence-corrected chi connectivity index (χ0v) is 22.6. The van der Waals surface area contributed by atoms with Crippen LogP contribution in [-0.2, 0) is 6.54 Å². The second-order valence-electron chi connectivity index (χ2n) is 9.75. The van der Waals surface area contributed by atoms with E-state index < -0.39 is 5.97 Å². The number of amidine groups is 1. The van der Waals surface area contributed by atoms with Gasteiger partial charge >= 0.3 is 5.97 Å². The lowest BCUT2D eigenvalue weighted by Crippen LogP contribution is -2.24. The number of aromatic carboxylic acids is 1. The number of carboxylic acid groups (broad SMARTS) is 1. The number of hydrogen-bond acceptors (Lipinski definition) is 6. The van der Waals surface area contributed by atoms with E-state index in [1.54, 1.807) is 54.9 Å². The average molecular weight is 548 g/mol. The van der Waals surface area contributed by atoms with Crippen LogP contribution in [0.1, 0.15) is 68.2 Å². The van der Waals surface area contributed by atoms with Crippen molar-refractivity contribution in [1.82, 2.24) is 25.5 Å². The number of carbonyl (C=O) groups excluding carboxylic acids is 1. The van der Waals surface area contributed by atoms with Gasteiger partial charge < -0.3 is 16.2 Å². The molecule has 0 saturated heterocycles. The maximum absolute atomic E-state index is 13.2. The number of H-pyrrole nitrogens is 1. The molecule has 10 heteroatoms. The summed E-state index contributed by atoms with van der Waals surface area (Å²) in [7, 11) is 0. The minimum absolute atomic E-state index is 0.0364. The van der Waals surface area contributed by atoms with Gasteiger partial charge in [-0.15, -0.1) is 0 Å². The number of nitrogen functional groups attached to an aromatic ring is 1. The number of aromatic amines is 1. The van der Waals surface area contributed by atoms with Crippen LogP contribution in [0.5, 0.6) is 0 Å². The van der Waals surface area contributed by atoms with Crippen molar-refractivity contribution >= 4 is 28.6 Å². The van der Waals surface area contributed by atoms with E-state index in [9.17, 15) is 14.7 Å². The first-order valence-corrected chi connectivity index (χ1v) is 13.1. The van der Waals surface area contributed by atoms with Gasteiger partial charge in [0.2, 0.25) is 0 Å². The summed E-state index contributed by atoms with van der Waals surface area (Å²) in [5.41, 5.74) is 11.1. The highest BCUT2D eigenvalue weighted by Crippen LogP contribution is 2.39. The standard InChI is InChI=1S/C31H29N7O3/c1-3-20(28-23-10-6-18(29(32)33)15-26(23)37-38-28)21-9-7-19(30(39)36-16-27-34-11-4-12-35-27)14-24(21)22-8-5-17(2)13-25(22)31(40)41/h4-15,20H,3,16H2,1-2H3,(H3,32,33)(H,36,39)(H,37,38)(H,40,41). The minimum Gasteiger partial charge on any atom is -0.478 e. The fourth-order valence-electron chi connectivity index (χ4n) is 5.02. The zero-order chi connectivity index (χ0) is 29.1. The molecular weight excluding hydrogens is 518 g/mol. The summed E-state index contributed by atoms with van der Waals surface area (Å²) in [6.45, 7) is 4.03. The summed E-state index contributed by atoms with van der Waals surface area (Å²) in [5.74, 6) is -1.16. The fraction of sp³-hybridized carbons (Fsp3) is 0.161. The summed E-state index contributed by atoms with van der Waals surface area (Å²) >= 11 is 0. The van der Waals surface area contributed by atoms with E-state index in [0.717, 1.165) is 27.7 Å². The number of nitrogens with two attached hydrogens (primary N) is 1. The average Bonchev–Trinajstić information content (AvgIpc) is 3.40. The smallest absolute Gasteiger partial charge is 0.336 e. The summed E-state index contributed by atoms with van der Waals surface area (Å²) < 4.78 is 0. The lowest BCUT2D eigenvalue weighted by atomic mass is 9.83. The molecule has 0 aliphatic carbocycles. The fourth-order valence-corrected chi connectivity index (χ4v) is 5.02. The largest absolute Gasteiger partial charge is 0.478 e. The Morgan fingerprint density at radius 3 is 2.49 bits per heavy atom. The number of fused-ring (bicyclic) bond motifs is 1. The van der Waals surface area contributed by atoms with Gasteiger partial charge in [-0.1, -0.05) is 42.8 Å². The number of aromatic nitrogens is 4. The monoisotopic (exact) mass is 547 g/mol. The van der Waals surface area contributed by atoms with Gasteiger partial charge in [-0.2, -0.15) is 5.10 Å². The predicted molar refractivity (Wildman–Crippen MR) is 156 cm³/mol. The molecule has 0 bridgehead atoms. The number of carboxylic acids is 1. The number of nitrogens with zero attached hydrogens (tertiary/aromatic N) is 3. The molecule has 0 radical (unpaired) electrons. The number of nitrogens with one attached hydrogen (secondary N) is 3. The molecule has 5 aromatic rings. The van der Waals surface area contributed by atoms with Crippen molar-refractivity contribution in [2.75, 3.05) is 0 Å². The van der Waals surface area contributed by atoms with Gasteiger partial charge in [-0.05, 0) is 60.4 Å². The Morgan fingerprint density at radius 2 is 1.78 bits per heavy atom. The maximum Gasteiger partial charge on any atom is 0.336 e. The molecule has 2 heterocycles. The quantitative estimate of drug-likeness (QED) is 0.130. The third kappa shape index (κ3) is 5.53. The first kappa shape index (κ1) is 27.2. The van der Waals surface area contributed by atoms with Crippen molar-refractivity contribution in [3.05, 3.63) is 112 Å². The Bertz CT molecular complexity index is 1780. The molecule has 0 spiro atoms. The molecule has 3 aromatic carbocycles. The second kappa shape index (κ2) is 11.4. The van der Waals surface area contributed by atoms with E-state index in [2.05, 4.69) is 25.5 Å². The number of benzene rings is 3. The van der Waals surface area contributed by atoms with Gasteiger partial charge in [0, 0.05) is 34.8 Å². The summed E-state index contributed by atoms with van der Waals surface area (Å²) in [6, 6.07) is 17.8. The van der Waals surface area contributed by atoms with Gasteiger partial charge in [-0.3, -0.25) is 15.3 Å². The van der Waals surface area contributed by atoms with Crippen molar-refractivity contribution in [3.8, 4) is 11.1 Å². The third-order valence-electron chi connectivity index (χ3n) is 7.05. The summed E-state index contributed by atoms with van der Waals surface area (Å²) in [4.78, 5) is 33.8.